The van der Waals surface area contributed by atoms with E-state index in [1.165, 1.54) is 0 Å². The zero-order valence-corrected chi connectivity index (χ0v) is 13.7. The van der Waals surface area contributed by atoms with Gasteiger partial charge in [-0.05, 0) is 55.3 Å². The summed E-state index contributed by atoms with van der Waals surface area (Å²) in [6.45, 7) is 4.67. The van der Waals surface area contributed by atoms with Crippen molar-refractivity contribution >= 4 is 5.97 Å². The number of rotatable bonds is 7. The second-order valence-electron chi connectivity index (χ2n) is 5.21. The first-order valence-electron chi connectivity index (χ1n) is 7.71. The Morgan fingerprint density at radius 1 is 1.00 bits per heavy atom. The molecule has 0 heterocycles. The fraction of sp³-hybridized carbons (Fsp3) is 0.316. The van der Waals surface area contributed by atoms with Gasteiger partial charge >= 0.3 is 5.97 Å². The van der Waals surface area contributed by atoms with Crippen LogP contribution in [0.3, 0.4) is 0 Å². The molecule has 0 aliphatic rings. The van der Waals surface area contributed by atoms with Crippen molar-refractivity contribution in [3.8, 4) is 11.5 Å². The smallest absolute Gasteiger partial charge is 0.343 e. The number of benzene rings is 2. The van der Waals surface area contributed by atoms with Crippen LogP contribution in [-0.2, 0) is 4.74 Å². The molecule has 0 radical (unpaired) electrons. The normalized spacial score (nSPS) is 11.8. The molecule has 0 bridgehead atoms. The van der Waals surface area contributed by atoms with Gasteiger partial charge in [0.05, 0.1) is 18.3 Å². The number of carbonyl (C=O) groups excluding carboxylic acids is 1. The molecule has 0 saturated heterocycles. The van der Waals surface area contributed by atoms with Gasteiger partial charge in [-0.2, -0.15) is 0 Å². The predicted octanol–water partition coefficient (Wildman–Crippen LogP) is 4.40. The molecule has 2 aromatic rings. The third-order valence-electron chi connectivity index (χ3n) is 3.48. The van der Waals surface area contributed by atoms with E-state index >= 15 is 0 Å². The number of hydrogen-bond donors (Lipinski definition) is 0. The molecule has 4 nitrogen and oxygen atoms in total. The van der Waals surface area contributed by atoms with Crippen molar-refractivity contribution in [3.05, 3.63) is 59.7 Å². The summed E-state index contributed by atoms with van der Waals surface area (Å²) in [6, 6.07) is 14.3. The standard InChI is InChI=1S/C19H22O4/c1-4-13-22-17-9-7-16(8-10-17)19(20)23-18-11-5-15(6-12-18)14(2)21-3/h5-12,14H,4,13H2,1-3H3. The van der Waals surface area contributed by atoms with Crippen molar-refractivity contribution in [2.75, 3.05) is 13.7 Å². The molecule has 23 heavy (non-hydrogen) atoms. The third-order valence-corrected chi connectivity index (χ3v) is 3.48. The van der Waals surface area contributed by atoms with E-state index in [1.807, 2.05) is 26.0 Å². The minimum Gasteiger partial charge on any atom is -0.494 e. The Bertz CT molecular complexity index is 617. The predicted molar refractivity (Wildman–Crippen MR) is 89.1 cm³/mol. The highest BCUT2D eigenvalue weighted by atomic mass is 16.5. The van der Waals surface area contributed by atoms with Gasteiger partial charge in [-0.15, -0.1) is 0 Å². The molecule has 1 unspecified atom stereocenters. The topological polar surface area (TPSA) is 44.8 Å². The van der Waals surface area contributed by atoms with Crippen LogP contribution in [-0.4, -0.2) is 19.7 Å². The molecule has 0 N–H and O–H groups in total. The van der Waals surface area contributed by atoms with Gasteiger partial charge in [-0.3, -0.25) is 0 Å². The van der Waals surface area contributed by atoms with E-state index in [4.69, 9.17) is 14.2 Å². The quantitative estimate of drug-likeness (QED) is 0.561. The minimum atomic E-state index is -0.389. The van der Waals surface area contributed by atoms with Crippen molar-refractivity contribution in [1.82, 2.24) is 0 Å². The summed E-state index contributed by atoms with van der Waals surface area (Å²) in [5, 5.41) is 0. The second-order valence-corrected chi connectivity index (χ2v) is 5.21. The molecule has 0 spiro atoms. The monoisotopic (exact) mass is 314 g/mol. The maximum absolute atomic E-state index is 12.1. The molecule has 1 atom stereocenters. The van der Waals surface area contributed by atoms with E-state index in [-0.39, 0.29) is 12.1 Å². The van der Waals surface area contributed by atoms with Crippen LogP contribution in [0.1, 0.15) is 42.3 Å². The Balaban J connectivity index is 1.98. The molecule has 0 aliphatic heterocycles. The number of ether oxygens (including phenoxy) is 3. The van der Waals surface area contributed by atoms with Crippen LogP contribution in [0.15, 0.2) is 48.5 Å². The summed E-state index contributed by atoms with van der Waals surface area (Å²) >= 11 is 0. The van der Waals surface area contributed by atoms with Gasteiger partial charge in [-0.1, -0.05) is 19.1 Å². The van der Waals surface area contributed by atoms with Crippen LogP contribution in [0.4, 0.5) is 0 Å². The Hall–Kier alpha value is -2.33. The first-order chi connectivity index (χ1) is 11.1. The summed E-state index contributed by atoms with van der Waals surface area (Å²) in [5.74, 6) is 0.870. The number of carbonyl (C=O) groups is 1. The zero-order valence-electron chi connectivity index (χ0n) is 13.7. The molecule has 0 aromatic heterocycles. The Kier molecular flexibility index (Phi) is 6.18. The van der Waals surface area contributed by atoms with E-state index in [2.05, 4.69) is 0 Å². The summed E-state index contributed by atoms with van der Waals surface area (Å²) in [6.07, 6.45) is 0.956. The third kappa shape index (κ3) is 4.83. The van der Waals surface area contributed by atoms with E-state index in [9.17, 15) is 4.79 Å². The lowest BCUT2D eigenvalue weighted by molar-refractivity contribution is 0.0734. The highest BCUT2D eigenvalue weighted by Crippen LogP contribution is 2.21. The summed E-state index contributed by atoms with van der Waals surface area (Å²) < 4.78 is 16.1. The average Bonchev–Trinajstić information content (AvgIpc) is 2.60. The fourth-order valence-electron chi connectivity index (χ4n) is 2.02. The van der Waals surface area contributed by atoms with Gasteiger partial charge in [0, 0.05) is 7.11 Å². The Labute approximate surface area is 137 Å². The van der Waals surface area contributed by atoms with E-state index in [0.29, 0.717) is 17.9 Å². The van der Waals surface area contributed by atoms with Gasteiger partial charge < -0.3 is 14.2 Å². The lowest BCUT2D eigenvalue weighted by Crippen LogP contribution is -2.08. The van der Waals surface area contributed by atoms with E-state index in [1.54, 1.807) is 43.5 Å². The number of hydrogen-bond acceptors (Lipinski definition) is 4. The van der Waals surface area contributed by atoms with Crippen LogP contribution < -0.4 is 9.47 Å². The molecule has 2 rings (SSSR count). The zero-order chi connectivity index (χ0) is 16.7. The highest BCUT2D eigenvalue weighted by molar-refractivity contribution is 5.91. The van der Waals surface area contributed by atoms with Gasteiger partial charge in [-0.25, -0.2) is 4.79 Å². The van der Waals surface area contributed by atoms with Crippen LogP contribution in [0, 0.1) is 0 Å². The van der Waals surface area contributed by atoms with Crippen molar-refractivity contribution < 1.29 is 19.0 Å². The molecule has 0 aliphatic carbocycles. The van der Waals surface area contributed by atoms with Crippen LogP contribution in [0.2, 0.25) is 0 Å². The van der Waals surface area contributed by atoms with Gasteiger partial charge in [0.15, 0.2) is 0 Å². The summed E-state index contributed by atoms with van der Waals surface area (Å²) in [4.78, 5) is 12.1. The number of esters is 1. The maximum Gasteiger partial charge on any atom is 0.343 e. The first-order valence-corrected chi connectivity index (χ1v) is 7.71. The van der Waals surface area contributed by atoms with E-state index < -0.39 is 0 Å². The van der Waals surface area contributed by atoms with Gasteiger partial charge in [0.2, 0.25) is 0 Å². The molecule has 0 amide bonds. The van der Waals surface area contributed by atoms with Crippen LogP contribution in [0.25, 0.3) is 0 Å². The van der Waals surface area contributed by atoms with Crippen molar-refractivity contribution in [3.63, 3.8) is 0 Å². The van der Waals surface area contributed by atoms with Gasteiger partial charge in [0.25, 0.3) is 0 Å². The Morgan fingerprint density at radius 3 is 2.17 bits per heavy atom. The lowest BCUT2D eigenvalue weighted by atomic mass is 10.1. The minimum absolute atomic E-state index is 0.00965. The van der Waals surface area contributed by atoms with Crippen molar-refractivity contribution in [1.29, 1.82) is 0 Å². The SMILES string of the molecule is CCCOc1ccc(C(=O)Oc2ccc(C(C)OC)cc2)cc1. The van der Waals surface area contributed by atoms with Crippen LogP contribution >= 0.6 is 0 Å². The first kappa shape index (κ1) is 17.0. The average molecular weight is 314 g/mol. The van der Waals surface area contributed by atoms with Crippen molar-refractivity contribution in [2.45, 2.75) is 26.4 Å². The van der Waals surface area contributed by atoms with Gasteiger partial charge in [0.1, 0.15) is 11.5 Å². The lowest BCUT2D eigenvalue weighted by Gasteiger charge is -2.10. The molecular formula is C19H22O4. The molecule has 0 saturated carbocycles. The highest BCUT2D eigenvalue weighted by Gasteiger charge is 2.10. The molecule has 4 heteroatoms. The maximum atomic E-state index is 12.1. The largest absolute Gasteiger partial charge is 0.494 e. The number of methoxy groups -OCH3 is 1. The molecule has 2 aromatic carbocycles. The summed E-state index contributed by atoms with van der Waals surface area (Å²) in [5.41, 5.74) is 1.52. The fourth-order valence-corrected chi connectivity index (χ4v) is 2.02. The molecular weight excluding hydrogens is 292 g/mol. The van der Waals surface area contributed by atoms with E-state index in [0.717, 1.165) is 17.7 Å². The molecule has 122 valence electrons. The summed E-state index contributed by atoms with van der Waals surface area (Å²) in [7, 11) is 1.66. The van der Waals surface area contributed by atoms with Crippen LogP contribution in [0.5, 0.6) is 11.5 Å². The Morgan fingerprint density at radius 2 is 1.61 bits per heavy atom. The second kappa shape index (κ2) is 8.34. The van der Waals surface area contributed by atoms with Crippen molar-refractivity contribution in [2.24, 2.45) is 0 Å². The molecule has 0 fully saturated rings.